The average molecular weight is 214 g/mol. The number of nitrogens with zero attached hydrogens (tertiary/aromatic N) is 1. The van der Waals surface area contributed by atoms with E-state index in [9.17, 15) is 0 Å². The summed E-state index contributed by atoms with van der Waals surface area (Å²) in [6.07, 6.45) is 1.11. The summed E-state index contributed by atoms with van der Waals surface area (Å²) in [5, 5.41) is 4.86. The van der Waals surface area contributed by atoms with Crippen LogP contribution in [0, 0.1) is 0 Å². The number of hydrogen-bond acceptors (Lipinski definition) is 1. The van der Waals surface area contributed by atoms with Crippen molar-refractivity contribution in [2.24, 2.45) is 0 Å². The minimum atomic E-state index is 0.564. The molecule has 3 rings (SSSR count). The van der Waals surface area contributed by atoms with E-state index in [4.69, 9.17) is 0 Å². The van der Waals surface area contributed by atoms with Gasteiger partial charge in [0.15, 0.2) is 0 Å². The van der Waals surface area contributed by atoms with Gasteiger partial charge in [0.1, 0.15) is 0 Å². The molecule has 0 fully saturated rings. The van der Waals surface area contributed by atoms with Gasteiger partial charge in [-0.25, -0.2) is 0 Å². The maximum atomic E-state index is 3.47. The van der Waals surface area contributed by atoms with Gasteiger partial charge in [-0.15, -0.1) is 0 Å². The van der Waals surface area contributed by atoms with Crippen LogP contribution in [0.25, 0.3) is 10.9 Å². The molecule has 2 nitrogen and oxygen atoms in total. The van der Waals surface area contributed by atoms with E-state index >= 15 is 0 Å². The molecule has 1 aromatic heterocycles. The molecule has 84 valence electrons. The van der Waals surface area contributed by atoms with Gasteiger partial charge < -0.3 is 9.88 Å². The molecule has 0 bridgehead atoms. The van der Waals surface area contributed by atoms with Crippen LogP contribution in [-0.4, -0.2) is 11.1 Å². The number of aryl methyl sites for hydroxylation is 1. The van der Waals surface area contributed by atoms with Gasteiger partial charge >= 0.3 is 0 Å². The van der Waals surface area contributed by atoms with E-state index < -0.39 is 0 Å². The Kier molecular flexibility index (Phi) is 2.25. The zero-order chi connectivity index (χ0) is 11.1. The number of para-hydroxylation sites is 1. The fourth-order valence-electron chi connectivity index (χ4n) is 2.84. The third-order valence-electron chi connectivity index (χ3n) is 3.59. The second-order valence-electron chi connectivity index (χ2n) is 4.69. The van der Waals surface area contributed by atoms with E-state index in [0.717, 1.165) is 19.5 Å². The molecule has 1 aliphatic rings. The Hall–Kier alpha value is -1.28. The maximum Gasteiger partial charge on any atom is 0.0518 e. The molecule has 0 spiro atoms. The molecule has 2 aromatic rings. The van der Waals surface area contributed by atoms with Crippen LogP contribution in [-0.2, 0) is 13.0 Å². The first-order chi connectivity index (χ1) is 7.81. The summed E-state index contributed by atoms with van der Waals surface area (Å²) in [5.74, 6) is 0. The highest BCUT2D eigenvalue weighted by Gasteiger charge is 2.19. The Labute approximate surface area is 96.3 Å². The van der Waals surface area contributed by atoms with Gasteiger partial charge in [0.2, 0.25) is 0 Å². The maximum absolute atomic E-state index is 3.47. The van der Waals surface area contributed by atoms with Gasteiger partial charge in [0.05, 0.1) is 5.52 Å². The molecule has 2 heterocycles. The van der Waals surface area contributed by atoms with Crippen LogP contribution < -0.4 is 5.32 Å². The number of fused-ring (bicyclic) bond motifs is 3. The third-order valence-corrected chi connectivity index (χ3v) is 3.59. The zero-order valence-electron chi connectivity index (χ0n) is 9.96. The standard InChI is InChI=1S/C14H18N2/c1-3-11-5-4-6-12-7-13-9-15-8-10(2)16(13)14(11)12/h4-7,10,15H,3,8-9H2,1-2H3/t10-/m1/s1. The lowest BCUT2D eigenvalue weighted by Gasteiger charge is -2.25. The molecule has 2 heteroatoms. The Morgan fingerprint density at radius 3 is 3.12 bits per heavy atom. The Balaban J connectivity index is 2.35. The molecule has 1 atom stereocenters. The molecule has 1 aliphatic heterocycles. The monoisotopic (exact) mass is 214 g/mol. The molecule has 0 radical (unpaired) electrons. The summed E-state index contributed by atoms with van der Waals surface area (Å²) < 4.78 is 2.52. The summed E-state index contributed by atoms with van der Waals surface area (Å²) in [6, 6.07) is 9.55. The molecule has 0 amide bonds. The molecule has 16 heavy (non-hydrogen) atoms. The molecule has 0 unspecified atom stereocenters. The molecule has 0 saturated carbocycles. The van der Waals surface area contributed by atoms with E-state index in [1.54, 1.807) is 0 Å². The van der Waals surface area contributed by atoms with Crippen molar-refractivity contribution in [3.05, 3.63) is 35.5 Å². The van der Waals surface area contributed by atoms with Crippen LogP contribution in [0.15, 0.2) is 24.3 Å². The van der Waals surface area contributed by atoms with Crippen molar-refractivity contribution in [3.63, 3.8) is 0 Å². The summed E-state index contributed by atoms with van der Waals surface area (Å²) >= 11 is 0. The van der Waals surface area contributed by atoms with E-state index in [1.807, 2.05) is 0 Å². The van der Waals surface area contributed by atoms with Gasteiger partial charge in [0, 0.05) is 30.2 Å². The van der Waals surface area contributed by atoms with Crippen molar-refractivity contribution in [1.82, 2.24) is 9.88 Å². The lowest BCUT2D eigenvalue weighted by atomic mass is 10.1. The number of rotatable bonds is 1. The van der Waals surface area contributed by atoms with Crippen LogP contribution in [0.5, 0.6) is 0 Å². The van der Waals surface area contributed by atoms with E-state index in [1.165, 1.54) is 22.2 Å². The number of nitrogens with one attached hydrogen (secondary N) is 1. The van der Waals surface area contributed by atoms with E-state index in [0.29, 0.717) is 6.04 Å². The van der Waals surface area contributed by atoms with Crippen LogP contribution in [0.3, 0.4) is 0 Å². The third kappa shape index (κ3) is 1.30. The predicted octanol–water partition coefficient (Wildman–Crippen LogP) is 2.87. The van der Waals surface area contributed by atoms with E-state index in [-0.39, 0.29) is 0 Å². The van der Waals surface area contributed by atoms with Gasteiger partial charge in [-0.3, -0.25) is 0 Å². The molecular formula is C14H18N2. The highest BCUT2D eigenvalue weighted by Crippen LogP contribution is 2.29. The minimum Gasteiger partial charge on any atom is -0.339 e. The molecule has 1 N–H and O–H groups in total. The molecule has 0 aliphatic carbocycles. The summed E-state index contributed by atoms with van der Waals surface area (Å²) in [5.41, 5.74) is 4.35. The Morgan fingerprint density at radius 1 is 1.44 bits per heavy atom. The fraction of sp³-hybridized carbons (Fsp3) is 0.429. The minimum absolute atomic E-state index is 0.564. The highest BCUT2D eigenvalue weighted by molar-refractivity contribution is 5.84. The SMILES string of the molecule is CCc1cccc2cc3n(c12)[C@H](C)CNC3. The number of hydrogen-bond donors (Lipinski definition) is 1. The fourth-order valence-corrected chi connectivity index (χ4v) is 2.84. The van der Waals surface area contributed by atoms with Crippen molar-refractivity contribution in [1.29, 1.82) is 0 Å². The van der Waals surface area contributed by atoms with Crippen LogP contribution >= 0.6 is 0 Å². The van der Waals surface area contributed by atoms with Gasteiger partial charge in [0.25, 0.3) is 0 Å². The van der Waals surface area contributed by atoms with Crippen LogP contribution in [0.2, 0.25) is 0 Å². The van der Waals surface area contributed by atoms with Gasteiger partial charge in [-0.05, 0) is 25.0 Å². The van der Waals surface area contributed by atoms with E-state index in [2.05, 4.69) is 48.0 Å². The molecule has 1 aromatic carbocycles. The second-order valence-corrected chi connectivity index (χ2v) is 4.69. The smallest absolute Gasteiger partial charge is 0.0518 e. The highest BCUT2D eigenvalue weighted by atomic mass is 15.1. The molecular weight excluding hydrogens is 196 g/mol. The largest absolute Gasteiger partial charge is 0.339 e. The predicted molar refractivity (Wildman–Crippen MR) is 67.7 cm³/mol. The van der Waals surface area contributed by atoms with Gasteiger partial charge in [-0.2, -0.15) is 0 Å². The summed E-state index contributed by atoms with van der Waals surface area (Å²) in [6.45, 7) is 6.61. The Bertz CT molecular complexity index is 525. The van der Waals surface area contributed by atoms with Crippen molar-refractivity contribution in [2.75, 3.05) is 6.54 Å². The molecule has 0 saturated heterocycles. The lowest BCUT2D eigenvalue weighted by molar-refractivity contribution is 0.439. The lowest BCUT2D eigenvalue weighted by Crippen LogP contribution is -2.31. The Morgan fingerprint density at radius 2 is 2.31 bits per heavy atom. The first-order valence-electron chi connectivity index (χ1n) is 6.13. The summed E-state index contributed by atoms with van der Waals surface area (Å²) in [7, 11) is 0. The van der Waals surface area contributed by atoms with Crippen molar-refractivity contribution < 1.29 is 0 Å². The zero-order valence-corrected chi connectivity index (χ0v) is 9.96. The van der Waals surface area contributed by atoms with Crippen LogP contribution in [0.4, 0.5) is 0 Å². The normalized spacial score (nSPS) is 20.0. The second kappa shape index (κ2) is 3.63. The number of benzene rings is 1. The van der Waals surface area contributed by atoms with Crippen molar-refractivity contribution >= 4 is 10.9 Å². The number of aromatic nitrogens is 1. The quantitative estimate of drug-likeness (QED) is 0.772. The first-order valence-corrected chi connectivity index (χ1v) is 6.13. The van der Waals surface area contributed by atoms with Crippen LogP contribution in [0.1, 0.15) is 31.1 Å². The van der Waals surface area contributed by atoms with Crippen molar-refractivity contribution in [2.45, 2.75) is 32.9 Å². The van der Waals surface area contributed by atoms with Gasteiger partial charge in [-0.1, -0.05) is 25.1 Å². The first kappa shape index (κ1) is 9.91. The van der Waals surface area contributed by atoms with Crippen molar-refractivity contribution in [3.8, 4) is 0 Å². The topological polar surface area (TPSA) is 17.0 Å². The average Bonchev–Trinajstić information content (AvgIpc) is 2.68. The summed E-state index contributed by atoms with van der Waals surface area (Å²) in [4.78, 5) is 0.